The number of sulfonamides is 1. The zero-order chi connectivity index (χ0) is 18.8. The Hall–Kier alpha value is -1.85. The highest BCUT2D eigenvalue weighted by Gasteiger charge is 2.38. The van der Waals surface area contributed by atoms with Gasteiger partial charge < -0.3 is 0 Å². The molecule has 1 aliphatic heterocycles. The maximum atomic E-state index is 11.5. The number of hydrogen-bond acceptors (Lipinski definition) is 3. The highest BCUT2D eigenvalue weighted by atomic mass is 32.2. The van der Waals surface area contributed by atoms with Crippen molar-refractivity contribution >= 4 is 15.7 Å². The van der Waals surface area contributed by atoms with E-state index in [-0.39, 0.29) is 5.41 Å². The molecule has 0 radical (unpaired) electrons. The van der Waals surface area contributed by atoms with Crippen molar-refractivity contribution in [3.05, 3.63) is 65.7 Å². The van der Waals surface area contributed by atoms with Crippen LogP contribution in [0.3, 0.4) is 0 Å². The Morgan fingerprint density at radius 2 is 1.88 bits per heavy atom. The number of hydrogen-bond donors (Lipinski definition) is 1. The van der Waals surface area contributed by atoms with Crippen molar-refractivity contribution in [2.24, 2.45) is 5.92 Å². The molecule has 140 valence electrons. The van der Waals surface area contributed by atoms with Crippen LogP contribution in [0.4, 0.5) is 5.69 Å². The Bertz CT molecular complexity index is 851. The average molecular weight is 373 g/mol. The molecule has 0 aliphatic carbocycles. The van der Waals surface area contributed by atoms with E-state index in [0.717, 1.165) is 26.1 Å². The summed E-state index contributed by atoms with van der Waals surface area (Å²) in [5.74, 6) is 0.480. The zero-order valence-electron chi connectivity index (χ0n) is 15.8. The molecule has 0 saturated carbocycles. The molecule has 26 heavy (non-hydrogen) atoms. The monoisotopic (exact) mass is 372 g/mol. The van der Waals surface area contributed by atoms with Gasteiger partial charge in [-0.3, -0.25) is 9.62 Å². The van der Waals surface area contributed by atoms with Crippen molar-refractivity contribution in [3.8, 4) is 0 Å². The SMILES string of the molecule is CC1CN(Cc2ccccc2)CCC1(C)c1cccc(NS(C)(=O)=O)c1. The second-order valence-electron chi connectivity index (χ2n) is 7.74. The molecule has 2 aromatic rings. The van der Waals surface area contributed by atoms with Crippen molar-refractivity contribution < 1.29 is 8.42 Å². The third kappa shape index (κ3) is 4.46. The molecule has 2 atom stereocenters. The molecule has 1 saturated heterocycles. The van der Waals surface area contributed by atoms with Gasteiger partial charge in [0.25, 0.3) is 0 Å². The normalized spacial score (nSPS) is 24.3. The van der Waals surface area contributed by atoms with Crippen LogP contribution >= 0.6 is 0 Å². The van der Waals surface area contributed by atoms with Crippen molar-refractivity contribution in [2.45, 2.75) is 32.2 Å². The molecule has 1 heterocycles. The summed E-state index contributed by atoms with van der Waals surface area (Å²) in [5, 5.41) is 0. The minimum Gasteiger partial charge on any atom is -0.299 e. The van der Waals surface area contributed by atoms with E-state index in [9.17, 15) is 8.42 Å². The predicted octanol–water partition coefficient (Wildman–Crippen LogP) is 3.86. The van der Waals surface area contributed by atoms with Crippen LogP contribution in [0.2, 0.25) is 0 Å². The first-order valence-electron chi connectivity index (χ1n) is 9.11. The molecule has 0 amide bonds. The van der Waals surface area contributed by atoms with Crippen LogP contribution in [-0.4, -0.2) is 32.7 Å². The van der Waals surface area contributed by atoms with E-state index in [1.807, 2.05) is 18.2 Å². The second kappa shape index (κ2) is 7.41. The van der Waals surface area contributed by atoms with Crippen LogP contribution in [0.1, 0.15) is 31.4 Å². The summed E-state index contributed by atoms with van der Waals surface area (Å²) in [7, 11) is -3.26. The largest absolute Gasteiger partial charge is 0.299 e. The molecule has 1 N–H and O–H groups in total. The predicted molar refractivity (Wildman–Crippen MR) is 108 cm³/mol. The molecule has 4 nitrogen and oxygen atoms in total. The van der Waals surface area contributed by atoms with E-state index in [2.05, 4.69) is 59.9 Å². The fourth-order valence-corrected chi connectivity index (χ4v) is 4.44. The van der Waals surface area contributed by atoms with Gasteiger partial charge >= 0.3 is 0 Å². The smallest absolute Gasteiger partial charge is 0.229 e. The number of piperidine rings is 1. The lowest BCUT2D eigenvalue weighted by Gasteiger charge is -2.45. The lowest BCUT2D eigenvalue weighted by molar-refractivity contribution is 0.105. The maximum absolute atomic E-state index is 11.5. The Kier molecular flexibility index (Phi) is 5.39. The molecule has 0 bridgehead atoms. The van der Waals surface area contributed by atoms with E-state index in [4.69, 9.17) is 0 Å². The third-order valence-electron chi connectivity index (χ3n) is 5.64. The molecule has 2 aromatic carbocycles. The molecule has 1 aliphatic rings. The average Bonchev–Trinajstić information content (AvgIpc) is 2.58. The standard InChI is InChI=1S/C21H28N2O2S/c1-17-15-23(16-18-8-5-4-6-9-18)13-12-21(17,2)19-10-7-11-20(14-19)22-26(3,24)25/h4-11,14,17,22H,12-13,15-16H2,1-3H3. The fraction of sp³-hybridized carbons (Fsp3) is 0.429. The minimum atomic E-state index is -3.26. The summed E-state index contributed by atoms with van der Waals surface area (Å²) in [6.07, 6.45) is 2.25. The number of likely N-dealkylation sites (tertiary alicyclic amines) is 1. The van der Waals surface area contributed by atoms with Crippen molar-refractivity contribution in [1.29, 1.82) is 0 Å². The Balaban J connectivity index is 1.74. The number of anilines is 1. The van der Waals surface area contributed by atoms with E-state index in [1.165, 1.54) is 17.4 Å². The summed E-state index contributed by atoms with van der Waals surface area (Å²) >= 11 is 0. The number of rotatable bonds is 5. The Morgan fingerprint density at radius 1 is 1.15 bits per heavy atom. The van der Waals surface area contributed by atoms with Gasteiger partial charge in [0.1, 0.15) is 0 Å². The number of nitrogens with one attached hydrogen (secondary N) is 1. The quantitative estimate of drug-likeness (QED) is 0.867. The summed E-state index contributed by atoms with van der Waals surface area (Å²) in [4.78, 5) is 2.51. The highest BCUT2D eigenvalue weighted by molar-refractivity contribution is 7.92. The van der Waals surface area contributed by atoms with Gasteiger partial charge in [0, 0.05) is 18.8 Å². The van der Waals surface area contributed by atoms with E-state index < -0.39 is 10.0 Å². The van der Waals surface area contributed by atoms with Gasteiger partial charge in [-0.05, 0) is 47.6 Å². The lowest BCUT2D eigenvalue weighted by Crippen LogP contribution is -2.46. The van der Waals surface area contributed by atoms with Crippen molar-refractivity contribution in [1.82, 2.24) is 4.90 Å². The lowest BCUT2D eigenvalue weighted by atomic mass is 9.68. The minimum absolute atomic E-state index is 0.0440. The van der Waals surface area contributed by atoms with Crippen LogP contribution in [0, 0.1) is 5.92 Å². The topological polar surface area (TPSA) is 49.4 Å². The summed E-state index contributed by atoms with van der Waals surface area (Å²) in [6, 6.07) is 18.5. The summed E-state index contributed by atoms with van der Waals surface area (Å²) in [6.45, 7) is 7.66. The molecular weight excluding hydrogens is 344 g/mol. The first-order chi connectivity index (χ1) is 12.3. The van der Waals surface area contributed by atoms with Gasteiger partial charge in [-0.1, -0.05) is 56.3 Å². The van der Waals surface area contributed by atoms with E-state index in [1.54, 1.807) is 0 Å². The summed E-state index contributed by atoms with van der Waals surface area (Å²) in [5.41, 5.74) is 3.24. The van der Waals surface area contributed by atoms with Gasteiger partial charge in [0.2, 0.25) is 10.0 Å². The molecule has 1 fully saturated rings. The molecular formula is C21H28N2O2S. The van der Waals surface area contributed by atoms with Crippen LogP contribution in [0.5, 0.6) is 0 Å². The first-order valence-corrected chi connectivity index (χ1v) is 11.0. The molecule has 0 aromatic heterocycles. The van der Waals surface area contributed by atoms with Crippen LogP contribution in [0.15, 0.2) is 54.6 Å². The molecule has 5 heteroatoms. The Labute approximate surface area is 157 Å². The summed E-state index contributed by atoms with van der Waals surface area (Å²) < 4.78 is 25.7. The molecule has 3 rings (SSSR count). The van der Waals surface area contributed by atoms with E-state index in [0.29, 0.717) is 11.6 Å². The van der Waals surface area contributed by atoms with Crippen molar-refractivity contribution in [2.75, 3.05) is 24.1 Å². The van der Waals surface area contributed by atoms with Crippen LogP contribution in [0.25, 0.3) is 0 Å². The Morgan fingerprint density at radius 3 is 2.54 bits per heavy atom. The van der Waals surface area contributed by atoms with E-state index >= 15 is 0 Å². The molecule has 2 unspecified atom stereocenters. The fourth-order valence-electron chi connectivity index (χ4n) is 3.88. The van der Waals surface area contributed by atoms with Crippen LogP contribution in [-0.2, 0) is 22.0 Å². The van der Waals surface area contributed by atoms with Gasteiger partial charge in [-0.2, -0.15) is 0 Å². The second-order valence-corrected chi connectivity index (χ2v) is 9.49. The van der Waals surface area contributed by atoms with Gasteiger partial charge in [-0.25, -0.2) is 8.42 Å². The van der Waals surface area contributed by atoms with Crippen LogP contribution < -0.4 is 4.72 Å². The third-order valence-corrected chi connectivity index (χ3v) is 6.25. The van der Waals surface area contributed by atoms with Gasteiger partial charge in [0.05, 0.1) is 6.26 Å². The number of nitrogens with zero attached hydrogens (tertiary/aromatic N) is 1. The zero-order valence-corrected chi connectivity index (χ0v) is 16.6. The van der Waals surface area contributed by atoms with Gasteiger partial charge in [-0.15, -0.1) is 0 Å². The van der Waals surface area contributed by atoms with Gasteiger partial charge in [0.15, 0.2) is 0 Å². The maximum Gasteiger partial charge on any atom is 0.229 e. The van der Waals surface area contributed by atoms with Crippen molar-refractivity contribution in [3.63, 3.8) is 0 Å². The first kappa shape index (κ1) is 18.9. The molecule has 0 spiro atoms. The number of benzene rings is 2. The highest BCUT2D eigenvalue weighted by Crippen LogP contribution is 2.40.